The van der Waals surface area contributed by atoms with Crippen LogP contribution in [0.2, 0.25) is 0 Å². The third kappa shape index (κ3) is 6.67. The van der Waals surface area contributed by atoms with Gasteiger partial charge in [-0.15, -0.1) is 0 Å². The number of halogens is 1. The minimum atomic E-state index is -0.443. The molecule has 1 amide bonds. The highest BCUT2D eigenvalue weighted by atomic mass is 19.1. The van der Waals surface area contributed by atoms with E-state index in [0.29, 0.717) is 43.2 Å². The molecule has 35 heavy (non-hydrogen) atoms. The summed E-state index contributed by atoms with van der Waals surface area (Å²) >= 11 is 0. The van der Waals surface area contributed by atoms with Gasteiger partial charge in [-0.25, -0.2) is 4.39 Å². The van der Waals surface area contributed by atoms with E-state index in [4.69, 9.17) is 9.47 Å². The molecule has 1 heterocycles. The number of benzene rings is 3. The molecule has 4 rings (SSSR count). The average Bonchev–Trinajstić information content (AvgIpc) is 2.90. The van der Waals surface area contributed by atoms with Crippen molar-refractivity contribution in [2.24, 2.45) is 0 Å². The average molecular weight is 471 g/mol. The standard InChI is InChI=1S/C29H27FN2O3/c1-34-27-14-13-23(18-28(27)35-21-22-8-3-2-4-9-22)20-32(17-15-26-12-5-6-16-31-26)29(33)24-10-7-11-25(30)19-24/h2-14,16,18-19H,15,17,20-21H2,1H3. The van der Waals surface area contributed by atoms with E-state index in [1.54, 1.807) is 30.3 Å². The summed E-state index contributed by atoms with van der Waals surface area (Å²) in [5.41, 5.74) is 3.10. The summed E-state index contributed by atoms with van der Waals surface area (Å²) in [6.07, 6.45) is 2.31. The molecule has 0 N–H and O–H groups in total. The van der Waals surface area contributed by atoms with Crippen LogP contribution in [0.25, 0.3) is 0 Å². The van der Waals surface area contributed by atoms with Crippen LogP contribution >= 0.6 is 0 Å². The van der Waals surface area contributed by atoms with Crippen molar-refractivity contribution >= 4 is 5.91 Å². The molecule has 0 saturated carbocycles. The largest absolute Gasteiger partial charge is 0.493 e. The molecule has 0 unspecified atom stereocenters. The molecule has 3 aromatic carbocycles. The molecule has 0 aliphatic heterocycles. The monoisotopic (exact) mass is 470 g/mol. The fourth-order valence-electron chi connectivity index (χ4n) is 3.74. The molecule has 6 heteroatoms. The van der Waals surface area contributed by atoms with E-state index in [-0.39, 0.29) is 5.91 Å². The van der Waals surface area contributed by atoms with Gasteiger partial charge in [-0.1, -0.05) is 48.5 Å². The van der Waals surface area contributed by atoms with Crippen molar-refractivity contribution in [2.75, 3.05) is 13.7 Å². The Morgan fingerprint density at radius 3 is 2.46 bits per heavy atom. The predicted molar refractivity (Wildman–Crippen MR) is 133 cm³/mol. The molecule has 0 spiro atoms. The van der Waals surface area contributed by atoms with E-state index in [1.807, 2.05) is 66.7 Å². The number of rotatable bonds is 10. The third-order valence-electron chi connectivity index (χ3n) is 5.56. The first kappa shape index (κ1) is 24.0. The Balaban J connectivity index is 1.55. The molecule has 0 fully saturated rings. The number of nitrogens with zero attached hydrogens (tertiary/aromatic N) is 2. The van der Waals surface area contributed by atoms with Crippen LogP contribution in [0.4, 0.5) is 4.39 Å². The van der Waals surface area contributed by atoms with E-state index >= 15 is 0 Å². The number of pyridine rings is 1. The molecule has 0 radical (unpaired) electrons. The summed E-state index contributed by atoms with van der Waals surface area (Å²) in [6.45, 7) is 1.15. The number of hydrogen-bond donors (Lipinski definition) is 0. The van der Waals surface area contributed by atoms with E-state index in [1.165, 1.54) is 12.1 Å². The maximum absolute atomic E-state index is 13.8. The minimum Gasteiger partial charge on any atom is -0.493 e. The van der Waals surface area contributed by atoms with Crippen LogP contribution in [0.5, 0.6) is 11.5 Å². The van der Waals surface area contributed by atoms with Crippen LogP contribution in [0, 0.1) is 5.82 Å². The van der Waals surface area contributed by atoms with Gasteiger partial charge in [-0.3, -0.25) is 9.78 Å². The first-order chi connectivity index (χ1) is 17.1. The smallest absolute Gasteiger partial charge is 0.254 e. The van der Waals surface area contributed by atoms with Crippen molar-refractivity contribution in [1.29, 1.82) is 0 Å². The lowest BCUT2D eigenvalue weighted by atomic mass is 10.1. The van der Waals surface area contributed by atoms with Gasteiger partial charge in [-0.2, -0.15) is 0 Å². The number of aromatic nitrogens is 1. The Kier molecular flexibility index (Phi) is 8.07. The van der Waals surface area contributed by atoms with Crippen molar-refractivity contribution in [3.05, 3.63) is 125 Å². The topological polar surface area (TPSA) is 51.7 Å². The second-order valence-electron chi connectivity index (χ2n) is 8.07. The van der Waals surface area contributed by atoms with Crippen molar-refractivity contribution in [1.82, 2.24) is 9.88 Å². The van der Waals surface area contributed by atoms with Crippen molar-refractivity contribution in [3.8, 4) is 11.5 Å². The number of hydrogen-bond acceptors (Lipinski definition) is 4. The number of carbonyl (C=O) groups excluding carboxylic acids is 1. The molecule has 0 atom stereocenters. The van der Waals surface area contributed by atoms with Gasteiger partial charge in [0.2, 0.25) is 0 Å². The second-order valence-corrected chi connectivity index (χ2v) is 8.07. The second kappa shape index (κ2) is 11.8. The maximum atomic E-state index is 13.8. The summed E-state index contributed by atoms with van der Waals surface area (Å²) < 4.78 is 25.3. The first-order valence-electron chi connectivity index (χ1n) is 11.4. The Morgan fingerprint density at radius 1 is 0.886 bits per heavy atom. The van der Waals surface area contributed by atoms with Crippen molar-refractivity contribution in [3.63, 3.8) is 0 Å². The molecule has 1 aromatic heterocycles. The van der Waals surface area contributed by atoms with Crippen LogP contribution in [-0.4, -0.2) is 29.4 Å². The molecule has 5 nitrogen and oxygen atoms in total. The van der Waals surface area contributed by atoms with Crippen LogP contribution in [-0.2, 0) is 19.6 Å². The first-order valence-corrected chi connectivity index (χ1v) is 11.4. The van der Waals surface area contributed by atoms with Gasteiger partial charge in [0.25, 0.3) is 5.91 Å². The molecule has 178 valence electrons. The SMILES string of the molecule is COc1ccc(CN(CCc2ccccn2)C(=O)c2cccc(F)c2)cc1OCc1ccccc1. The fourth-order valence-corrected chi connectivity index (χ4v) is 3.74. The Bertz CT molecular complexity index is 1250. The van der Waals surface area contributed by atoms with Crippen molar-refractivity contribution < 1.29 is 18.7 Å². The van der Waals surface area contributed by atoms with Gasteiger partial charge in [-0.05, 0) is 53.6 Å². The Morgan fingerprint density at radius 2 is 1.71 bits per heavy atom. The molecule has 0 saturated heterocycles. The molecule has 4 aromatic rings. The summed E-state index contributed by atoms with van der Waals surface area (Å²) in [5, 5.41) is 0. The number of amides is 1. The normalized spacial score (nSPS) is 10.6. The zero-order valence-corrected chi connectivity index (χ0v) is 19.6. The Hall–Kier alpha value is -4.19. The molecule has 0 bridgehead atoms. The summed E-state index contributed by atoms with van der Waals surface area (Å²) in [7, 11) is 1.59. The highest BCUT2D eigenvalue weighted by molar-refractivity contribution is 5.94. The highest BCUT2D eigenvalue weighted by Crippen LogP contribution is 2.29. The van der Waals surface area contributed by atoms with Gasteiger partial charge >= 0.3 is 0 Å². The lowest BCUT2D eigenvalue weighted by Crippen LogP contribution is -2.32. The van der Waals surface area contributed by atoms with Crippen LogP contribution < -0.4 is 9.47 Å². The zero-order valence-electron chi connectivity index (χ0n) is 19.6. The van der Waals surface area contributed by atoms with Crippen LogP contribution in [0.15, 0.2) is 97.2 Å². The number of carbonyl (C=O) groups is 1. The summed E-state index contributed by atoms with van der Waals surface area (Å²) in [4.78, 5) is 19.4. The molecule has 0 aliphatic rings. The lowest BCUT2D eigenvalue weighted by Gasteiger charge is -2.23. The van der Waals surface area contributed by atoms with Crippen molar-refractivity contribution in [2.45, 2.75) is 19.6 Å². The predicted octanol–water partition coefficient (Wildman–Crippen LogP) is 5.69. The molecular weight excluding hydrogens is 443 g/mol. The number of methoxy groups -OCH3 is 1. The van der Waals surface area contributed by atoms with Gasteiger partial charge in [0.1, 0.15) is 12.4 Å². The van der Waals surface area contributed by atoms with Gasteiger partial charge in [0, 0.05) is 37.0 Å². The van der Waals surface area contributed by atoms with Gasteiger partial charge in [0.15, 0.2) is 11.5 Å². The van der Waals surface area contributed by atoms with Crippen LogP contribution in [0.3, 0.4) is 0 Å². The van der Waals surface area contributed by atoms with E-state index < -0.39 is 5.82 Å². The zero-order chi connectivity index (χ0) is 24.5. The van der Waals surface area contributed by atoms with E-state index in [2.05, 4.69) is 4.98 Å². The quantitative estimate of drug-likeness (QED) is 0.299. The lowest BCUT2D eigenvalue weighted by molar-refractivity contribution is 0.0744. The highest BCUT2D eigenvalue weighted by Gasteiger charge is 2.18. The maximum Gasteiger partial charge on any atom is 0.254 e. The van der Waals surface area contributed by atoms with Crippen LogP contribution in [0.1, 0.15) is 27.2 Å². The van der Waals surface area contributed by atoms with Gasteiger partial charge < -0.3 is 14.4 Å². The van der Waals surface area contributed by atoms with Gasteiger partial charge in [0.05, 0.1) is 7.11 Å². The van der Waals surface area contributed by atoms with E-state index in [9.17, 15) is 9.18 Å². The summed E-state index contributed by atoms with van der Waals surface area (Å²) in [5.74, 6) is 0.516. The number of ether oxygens (including phenoxy) is 2. The molecular formula is C29H27FN2O3. The molecule has 0 aliphatic carbocycles. The third-order valence-corrected chi connectivity index (χ3v) is 5.56. The Labute approximate surface area is 204 Å². The van der Waals surface area contributed by atoms with E-state index in [0.717, 1.165) is 16.8 Å². The minimum absolute atomic E-state index is 0.247. The fraction of sp³-hybridized carbons (Fsp3) is 0.172. The summed E-state index contributed by atoms with van der Waals surface area (Å²) in [6, 6.07) is 26.9.